The van der Waals surface area contributed by atoms with Crippen molar-refractivity contribution in [3.05, 3.63) is 34.3 Å². The Kier molecular flexibility index (Phi) is 5.55. The van der Waals surface area contributed by atoms with Crippen molar-refractivity contribution in [2.24, 2.45) is 0 Å². The highest BCUT2D eigenvalue weighted by Crippen LogP contribution is 2.10. The minimum absolute atomic E-state index is 0.0214. The van der Waals surface area contributed by atoms with Crippen molar-refractivity contribution in [1.82, 2.24) is 16.0 Å². The summed E-state index contributed by atoms with van der Waals surface area (Å²) in [5.41, 5.74) is 1.02. The lowest BCUT2D eigenvalue weighted by molar-refractivity contribution is -0.127. The maximum absolute atomic E-state index is 11.7. The third kappa shape index (κ3) is 4.61. The predicted octanol–water partition coefficient (Wildman–Crippen LogP) is 0.933. The molecule has 5 nitrogen and oxygen atoms in total. The zero-order valence-corrected chi connectivity index (χ0v) is 12.7. The molecule has 0 aromatic heterocycles. The van der Waals surface area contributed by atoms with Gasteiger partial charge in [0.25, 0.3) is 0 Å². The fourth-order valence-electron chi connectivity index (χ4n) is 2.06. The zero-order valence-electron chi connectivity index (χ0n) is 11.1. The van der Waals surface area contributed by atoms with Crippen LogP contribution in [0.3, 0.4) is 0 Å². The van der Waals surface area contributed by atoms with Crippen molar-refractivity contribution in [1.29, 1.82) is 0 Å². The van der Waals surface area contributed by atoms with Gasteiger partial charge in [0.2, 0.25) is 11.8 Å². The Hall–Kier alpha value is -1.40. The van der Waals surface area contributed by atoms with Gasteiger partial charge < -0.3 is 16.0 Å². The molecule has 1 heterocycles. The van der Waals surface area contributed by atoms with Crippen LogP contribution in [0.15, 0.2) is 28.7 Å². The number of hydrogen-bond donors (Lipinski definition) is 3. The van der Waals surface area contributed by atoms with Crippen molar-refractivity contribution in [2.45, 2.75) is 25.4 Å². The molecule has 0 aliphatic carbocycles. The molecule has 108 valence electrons. The van der Waals surface area contributed by atoms with E-state index < -0.39 is 0 Å². The van der Waals surface area contributed by atoms with Crippen LogP contribution in [0.25, 0.3) is 0 Å². The zero-order chi connectivity index (χ0) is 14.4. The summed E-state index contributed by atoms with van der Waals surface area (Å²) in [5, 5.41) is 8.52. The fourth-order valence-corrected chi connectivity index (χ4v) is 2.33. The Labute approximate surface area is 126 Å². The number of nitrogens with one attached hydrogen (secondary N) is 3. The molecule has 1 aromatic carbocycles. The number of benzene rings is 1. The monoisotopic (exact) mass is 339 g/mol. The van der Waals surface area contributed by atoms with Crippen LogP contribution in [0.1, 0.15) is 18.4 Å². The average molecular weight is 340 g/mol. The molecule has 1 aliphatic rings. The van der Waals surface area contributed by atoms with E-state index in [9.17, 15) is 9.59 Å². The molecule has 2 rings (SSSR count). The summed E-state index contributed by atoms with van der Waals surface area (Å²) in [6, 6.07) is 7.58. The molecule has 0 bridgehead atoms. The Morgan fingerprint density at radius 3 is 2.65 bits per heavy atom. The summed E-state index contributed by atoms with van der Waals surface area (Å²) in [7, 11) is 0. The number of rotatable bonds is 5. The maximum Gasteiger partial charge on any atom is 0.239 e. The van der Waals surface area contributed by atoms with Gasteiger partial charge in [0, 0.05) is 11.0 Å². The largest absolute Gasteiger partial charge is 0.350 e. The summed E-state index contributed by atoms with van der Waals surface area (Å²) in [4.78, 5) is 23.3. The standard InChI is InChI=1S/C14H18BrN3O2/c15-11-5-3-10(4-6-11)8-17-13(19)9-18-14(20)12-2-1-7-16-12/h3-6,12,16H,1-2,7-9H2,(H,17,19)(H,18,20). The van der Waals surface area contributed by atoms with E-state index in [0.717, 1.165) is 29.4 Å². The number of carbonyl (C=O) groups excluding carboxylic acids is 2. The Balaban J connectivity index is 1.67. The van der Waals surface area contributed by atoms with Gasteiger partial charge in [-0.25, -0.2) is 0 Å². The second-order valence-electron chi connectivity index (χ2n) is 4.77. The summed E-state index contributed by atoms with van der Waals surface area (Å²) >= 11 is 3.36. The van der Waals surface area contributed by atoms with Crippen LogP contribution in [-0.4, -0.2) is 30.9 Å². The van der Waals surface area contributed by atoms with Crippen LogP contribution in [0.4, 0.5) is 0 Å². The molecule has 6 heteroatoms. The lowest BCUT2D eigenvalue weighted by atomic mass is 10.2. The molecule has 1 unspecified atom stereocenters. The first kappa shape index (κ1) is 15.0. The summed E-state index contributed by atoms with van der Waals surface area (Å²) in [5.74, 6) is -0.277. The number of carbonyl (C=O) groups is 2. The quantitative estimate of drug-likeness (QED) is 0.747. The summed E-state index contributed by atoms with van der Waals surface area (Å²) in [6.07, 6.45) is 1.85. The smallest absolute Gasteiger partial charge is 0.239 e. The minimum Gasteiger partial charge on any atom is -0.350 e. The molecule has 1 fully saturated rings. The molecule has 20 heavy (non-hydrogen) atoms. The summed E-state index contributed by atoms with van der Waals surface area (Å²) in [6.45, 7) is 1.35. The second kappa shape index (κ2) is 7.40. The summed E-state index contributed by atoms with van der Waals surface area (Å²) < 4.78 is 1.00. The third-order valence-corrected chi connectivity index (χ3v) is 3.73. The average Bonchev–Trinajstić information content (AvgIpc) is 2.98. The first-order chi connectivity index (χ1) is 9.65. The Bertz CT molecular complexity index is 470. The van der Waals surface area contributed by atoms with Crippen molar-refractivity contribution >= 4 is 27.7 Å². The molecular formula is C14H18BrN3O2. The van der Waals surface area contributed by atoms with Gasteiger partial charge in [-0.2, -0.15) is 0 Å². The lowest BCUT2D eigenvalue weighted by Gasteiger charge is -2.11. The van der Waals surface area contributed by atoms with Gasteiger partial charge in [-0.3, -0.25) is 9.59 Å². The SMILES string of the molecule is O=C(CNC(=O)C1CCCN1)NCc1ccc(Br)cc1. The Morgan fingerprint density at radius 2 is 2.00 bits per heavy atom. The van der Waals surface area contributed by atoms with Gasteiger partial charge >= 0.3 is 0 Å². The molecule has 1 saturated heterocycles. The molecule has 0 saturated carbocycles. The van der Waals surface area contributed by atoms with Gasteiger partial charge in [-0.1, -0.05) is 28.1 Å². The van der Waals surface area contributed by atoms with Crippen LogP contribution in [-0.2, 0) is 16.1 Å². The number of halogens is 1. The highest BCUT2D eigenvalue weighted by molar-refractivity contribution is 9.10. The van der Waals surface area contributed by atoms with E-state index in [1.54, 1.807) is 0 Å². The molecule has 0 spiro atoms. The molecular weight excluding hydrogens is 322 g/mol. The van der Waals surface area contributed by atoms with E-state index in [4.69, 9.17) is 0 Å². The maximum atomic E-state index is 11.7. The topological polar surface area (TPSA) is 70.2 Å². The predicted molar refractivity (Wildman–Crippen MR) is 80.0 cm³/mol. The third-order valence-electron chi connectivity index (χ3n) is 3.20. The highest BCUT2D eigenvalue weighted by Gasteiger charge is 2.21. The van der Waals surface area contributed by atoms with Crippen molar-refractivity contribution in [2.75, 3.05) is 13.1 Å². The van der Waals surface area contributed by atoms with Gasteiger partial charge in [-0.05, 0) is 37.1 Å². The molecule has 2 amide bonds. The van der Waals surface area contributed by atoms with Crippen LogP contribution in [0.2, 0.25) is 0 Å². The minimum atomic E-state index is -0.181. The van der Waals surface area contributed by atoms with E-state index in [-0.39, 0.29) is 24.4 Å². The number of hydrogen-bond acceptors (Lipinski definition) is 3. The molecule has 1 atom stereocenters. The normalized spacial score (nSPS) is 17.8. The van der Waals surface area contributed by atoms with Gasteiger partial charge in [0.15, 0.2) is 0 Å². The van der Waals surface area contributed by atoms with Crippen molar-refractivity contribution < 1.29 is 9.59 Å². The first-order valence-electron chi connectivity index (χ1n) is 6.67. The van der Waals surface area contributed by atoms with E-state index >= 15 is 0 Å². The van der Waals surface area contributed by atoms with Gasteiger partial charge in [-0.15, -0.1) is 0 Å². The van der Waals surface area contributed by atoms with E-state index in [1.807, 2.05) is 24.3 Å². The van der Waals surface area contributed by atoms with Crippen molar-refractivity contribution in [3.63, 3.8) is 0 Å². The van der Waals surface area contributed by atoms with Crippen LogP contribution in [0, 0.1) is 0 Å². The Morgan fingerprint density at radius 1 is 1.25 bits per heavy atom. The molecule has 1 aromatic rings. The lowest BCUT2D eigenvalue weighted by Crippen LogP contribution is -2.44. The first-order valence-corrected chi connectivity index (χ1v) is 7.46. The second-order valence-corrected chi connectivity index (χ2v) is 5.69. The molecule has 0 radical (unpaired) electrons. The number of amides is 2. The molecule has 3 N–H and O–H groups in total. The highest BCUT2D eigenvalue weighted by atomic mass is 79.9. The van der Waals surface area contributed by atoms with Crippen molar-refractivity contribution in [3.8, 4) is 0 Å². The van der Waals surface area contributed by atoms with Crippen LogP contribution in [0.5, 0.6) is 0 Å². The van der Waals surface area contributed by atoms with Crippen LogP contribution < -0.4 is 16.0 Å². The van der Waals surface area contributed by atoms with E-state index in [1.165, 1.54) is 0 Å². The van der Waals surface area contributed by atoms with Crippen LogP contribution >= 0.6 is 15.9 Å². The molecule has 1 aliphatic heterocycles. The fraction of sp³-hybridized carbons (Fsp3) is 0.429. The van der Waals surface area contributed by atoms with E-state index in [2.05, 4.69) is 31.9 Å². The van der Waals surface area contributed by atoms with Gasteiger partial charge in [0.1, 0.15) is 0 Å². The van der Waals surface area contributed by atoms with Gasteiger partial charge in [0.05, 0.1) is 12.6 Å². The van der Waals surface area contributed by atoms with E-state index in [0.29, 0.717) is 6.54 Å².